The van der Waals surface area contributed by atoms with Crippen LogP contribution in [-0.2, 0) is 0 Å². The summed E-state index contributed by atoms with van der Waals surface area (Å²) in [5.41, 5.74) is 3.24. The molecule has 0 unspecified atom stereocenters. The number of thiazole rings is 1. The molecule has 0 radical (unpaired) electrons. The van der Waals surface area contributed by atoms with Gasteiger partial charge in [0.2, 0.25) is 0 Å². The number of alkyl halides is 3. The van der Waals surface area contributed by atoms with E-state index in [9.17, 15) is 18.0 Å². The second-order valence-electron chi connectivity index (χ2n) is 6.93. The fraction of sp³-hybridized carbons (Fsp3) is 0.300. The lowest BCUT2D eigenvalue weighted by atomic mass is 10.0. The Morgan fingerprint density at radius 1 is 1.19 bits per heavy atom. The summed E-state index contributed by atoms with van der Waals surface area (Å²) in [7, 11) is 0. The summed E-state index contributed by atoms with van der Waals surface area (Å²) in [6, 6.07) is 10.5. The highest BCUT2D eigenvalue weighted by Crippen LogP contribution is 2.56. The van der Waals surface area contributed by atoms with Crippen molar-refractivity contribution in [1.82, 2.24) is 4.98 Å². The van der Waals surface area contributed by atoms with E-state index in [1.807, 2.05) is 25.1 Å². The van der Waals surface area contributed by atoms with E-state index in [-0.39, 0.29) is 12.3 Å². The number of anilines is 1. The van der Waals surface area contributed by atoms with Gasteiger partial charge in [-0.1, -0.05) is 12.1 Å². The quantitative estimate of drug-likeness (QED) is 0.611. The first kappa shape index (κ1) is 18.0. The van der Waals surface area contributed by atoms with Gasteiger partial charge in [0.25, 0.3) is 5.91 Å². The molecule has 0 spiro atoms. The number of fused-ring (bicyclic) bond motifs is 1. The van der Waals surface area contributed by atoms with Gasteiger partial charge in [-0.25, -0.2) is 4.98 Å². The Morgan fingerprint density at radius 2 is 1.96 bits per heavy atom. The number of benzene rings is 2. The second kappa shape index (κ2) is 6.34. The van der Waals surface area contributed by atoms with Gasteiger partial charge in [0.05, 0.1) is 21.1 Å². The average molecular weight is 390 g/mol. The number of hydrogen-bond acceptors (Lipinski definition) is 3. The smallest absolute Gasteiger partial charge is 0.322 e. The molecule has 1 saturated carbocycles. The summed E-state index contributed by atoms with van der Waals surface area (Å²) < 4.78 is 39.4. The van der Waals surface area contributed by atoms with E-state index < -0.39 is 18.0 Å². The van der Waals surface area contributed by atoms with Crippen molar-refractivity contribution in [3.8, 4) is 0 Å². The molecule has 0 bridgehead atoms. The summed E-state index contributed by atoms with van der Waals surface area (Å²) >= 11 is 1.59. The van der Waals surface area contributed by atoms with Crippen molar-refractivity contribution < 1.29 is 18.0 Å². The maximum absolute atomic E-state index is 12.8. The van der Waals surface area contributed by atoms with Crippen LogP contribution in [0.4, 0.5) is 18.9 Å². The van der Waals surface area contributed by atoms with Crippen molar-refractivity contribution in [1.29, 1.82) is 0 Å². The molecule has 1 aromatic heterocycles. The third-order valence-electron chi connectivity index (χ3n) is 4.89. The number of nitrogens with zero attached hydrogens (tertiary/aromatic N) is 1. The molecule has 1 N–H and O–H groups in total. The van der Waals surface area contributed by atoms with Gasteiger partial charge in [-0.2, -0.15) is 13.2 Å². The number of rotatable bonds is 3. The van der Waals surface area contributed by atoms with Crippen LogP contribution >= 0.6 is 11.3 Å². The largest absolute Gasteiger partial charge is 0.392 e. The zero-order valence-corrected chi connectivity index (χ0v) is 15.5. The molecule has 0 saturated heterocycles. The summed E-state index contributed by atoms with van der Waals surface area (Å²) in [4.78, 5) is 17.0. The number of nitrogens with one attached hydrogen (secondary N) is 1. The average Bonchev–Trinajstić information content (AvgIpc) is 3.31. The molecule has 27 heavy (non-hydrogen) atoms. The third-order valence-corrected chi connectivity index (χ3v) is 5.84. The van der Waals surface area contributed by atoms with Crippen LogP contribution in [0.1, 0.15) is 38.8 Å². The van der Waals surface area contributed by atoms with E-state index >= 15 is 0 Å². The third kappa shape index (κ3) is 3.56. The molecule has 7 heteroatoms. The zero-order chi connectivity index (χ0) is 19.3. The van der Waals surface area contributed by atoms with Crippen molar-refractivity contribution in [2.45, 2.75) is 32.4 Å². The lowest BCUT2D eigenvalue weighted by molar-refractivity contribution is -0.148. The number of halogens is 3. The van der Waals surface area contributed by atoms with Gasteiger partial charge in [-0.05, 0) is 61.6 Å². The minimum absolute atomic E-state index is 0.127. The van der Waals surface area contributed by atoms with Gasteiger partial charge in [-0.3, -0.25) is 4.79 Å². The molecule has 1 aliphatic rings. The van der Waals surface area contributed by atoms with Gasteiger partial charge in [-0.15, -0.1) is 11.3 Å². The Hall–Kier alpha value is -2.41. The molecular formula is C20H17F3N2OS. The first-order chi connectivity index (χ1) is 12.7. The molecule has 4 rings (SSSR count). The topological polar surface area (TPSA) is 42.0 Å². The van der Waals surface area contributed by atoms with Crippen molar-refractivity contribution in [3.05, 3.63) is 58.1 Å². The van der Waals surface area contributed by atoms with Crippen molar-refractivity contribution in [2.75, 3.05) is 5.32 Å². The number of aryl methyl sites for hydroxylation is 2. The summed E-state index contributed by atoms with van der Waals surface area (Å²) in [5, 5.41) is 3.80. The maximum atomic E-state index is 12.8. The minimum atomic E-state index is -4.15. The first-order valence-electron chi connectivity index (χ1n) is 8.58. The standard InChI is InChI=1S/C20H17F3N2OS/c1-10-7-12(15-9-16(15)20(21,22)23)3-5-14(10)19(26)25-13-4-6-18-17(8-13)24-11(2)27-18/h3-8,15-16H,9H2,1-2H3,(H,25,26)/t15-,16-/m1/s1. The Labute approximate surface area is 158 Å². The molecule has 140 valence electrons. The molecule has 3 nitrogen and oxygen atoms in total. The predicted molar refractivity (Wildman–Crippen MR) is 100 cm³/mol. The van der Waals surface area contributed by atoms with Crippen LogP contribution in [0.5, 0.6) is 0 Å². The number of aromatic nitrogens is 1. The first-order valence-corrected chi connectivity index (χ1v) is 9.40. The highest BCUT2D eigenvalue weighted by atomic mass is 32.1. The molecule has 2 atom stereocenters. The number of carbonyl (C=O) groups excluding carboxylic acids is 1. The van der Waals surface area contributed by atoms with Crippen molar-refractivity contribution in [2.24, 2.45) is 5.92 Å². The monoisotopic (exact) mass is 390 g/mol. The van der Waals surface area contributed by atoms with Gasteiger partial charge >= 0.3 is 6.18 Å². The minimum Gasteiger partial charge on any atom is -0.322 e. The Morgan fingerprint density at radius 3 is 2.63 bits per heavy atom. The van der Waals surface area contributed by atoms with E-state index in [0.717, 1.165) is 15.2 Å². The van der Waals surface area contributed by atoms with Crippen LogP contribution < -0.4 is 5.32 Å². The highest BCUT2D eigenvalue weighted by Gasteiger charge is 2.56. The van der Waals surface area contributed by atoms with Gasteiger partial charge < -0.3 is 5.32 Å². The number of carbonyl (C=O) groups is 1. The molecule has 1 fully saturated rings. The van der Waals surface area contributed by atoms with E-state index in [2.05, 4.69) is 10.3 Å². The van der Waals surface area contributed by atoms with Gasteiger partial charge in [0.1, 0.15) is 0 Å². The molecule has 1 heterocycles. The van der Waals surface area contributed by atoms with E-state index in [4.69, 9.17) is 0 Å². The Kier molecular flexibility index (Phi) is 4.22. The normalized spacial score (nSPS) is 19.3. The van der Waals surface area contributed by atoms with Crippen LogP contribution in [-0.4, -0.2) is 17.1 Å². The highest BCUT2D eigenvalue weighted by molar-refractivity contribution is 7.18. The number of hydrogen-bond donors (Lipinski definition) is 1. The fourth-order valence-electron chi connectivity index (χ4n) is 3.42. The van der Waals surface area contributed by atoms with Crippen molar-refractivity contribution >= 4 is 33.1 Å². The zero-order valence-electron chi connectivity index (χ0n) is 14.7. The van der Waals surface area contributed by atoms with Crippen LogP contribution in [0.2, 0.25) is 0 Å². The Bertz CT molecular complexity index is 1040. The molecule has 0 aliphatic heterocycles. The molecule has 1 aliphatic carbocycles. The van der Waals surface area contributed by atoms with Gasteiger partial charge in [0.15, 0.2) is 0 Å². The molecular weight excluding hydrogens is 373 g/mol. The van der Waals surface area contributed by atoms with Crippen LogP contribution in [0.3, 0.4) is 0 Å². The summed E-state index contributed by atoms with van der Waals surface area (Å²) in [5.74, 6) is -2.03. The van der Waals surface area contributed by atoms with E-state index in [1.165, 1.54) is 0 Å². The molecule has 2 aromatic carbocycles. The van der Waals surface area contributed by atoms with Gasteiger partial charge in [0, 0.05) is 11.3 Å². The van der Waals surface area contributed by atoms with Crippen LogP contribution in [0.25, 0.3) is 10.2 Å². The van der Waals surface area contributed by atoms with Crippen molar-refractivity contribution in [3.63, 3.8) is 0 Å². The van der Waals surface area contributed by atoms with E-state index in [1.54, 1.807) is 36.5 Å². The SMILES string of the molecule is Cc1nc2cc(NC(=O)c3ccc([C@H]4C[C@H]4C(F)(F)F)cc3C)ccc2s1. The number of amides is 1. The fourth-order valence-corrected chi connectivity index (χ4v) is 4.22. The summed E-state index contributed by atoms with van der Waals surface area (Å²) in [6.07, 6.45) is -4.02. The Balaban J connectivity index is 1.51. The lowest BCUT2D eigenvalue weighted by Gasteiger charge is -2.10. The lowest BCUT2D eigenvalue weighted by Crippen LogP contribution is -2.14. The summed E-state index contributed by atoms with van der Waals surface area (Å²) in [6.45, 7) is 3.67. The molecule has 3 aromatic rings. The molecule has 1 amide bonds. The van der Waals surface area contributed by atoms with Crippen LogP contribution in [0.15, 0.2) is 36.4 Å². The maximum Gasteiger partial charge on any atom is 0.392 e. The van der Waals surface area contributed by atoms with Crippen LogP contribution in [0, 0.1) is 19.8 Å². The second-order valence-corrected chi connectivity index (χ2v) is 8.17. The predicted octanol–water partition coefficient (Wildman–Crippen LogP) is 5.83. The van der Waals surface area contributed by atoms with E-state index in [0.29, 0.717) is 22.4 Å².